The van der Waals surface area contributed by atoms with Crippen LogP contribution in [0.25, 0.3) is 0 Å². The molecule has 1 atom stereocenters. The number of amides is 1. The van der Waals surface area contributed by atoms with Crippen molar-refractivity contribution in [3.05, 3.63) is 40.7 Å². The van der Waals surface area contributed by atoms with Gasteiger partial charge in [-0.05, 0) is 17.7 Å². The highest BCUT2D eigenvalue weighted by Crippen LogP contribution is 2.26. The van der Waals surface area contributed by atoms with Crippen LogP contribution in [0.1, 0.15) is 29.0 Å². The van der Waals surface area contributed by atoms with Crippen molar-refractivity contribution < 1.29 is 9.59 Å². The lowest BCUT2D eigenvalue weighted by Crippen LogP contribution is -2.38. The number of anilines is 1. The molecule has 1 aromatic carbocycles. The molecule has 2 heterocycles. The Balaban J connectivity index is 2.03. The molecule has 0 saturated carbocycles. The maximum absolute atomic E-state index is 12.4. The van der Waals surface area contributed by atoms with Crippen LogP contribution in [0.4, 0.5) is 5.95 Å². The van der Waals surface area contributed by atoms with Crippen LogP contribution in [0.5, 0.6) is 0 Å². The van der Waals surface area contributed by atoms with Gasteiger partial charge in [-0.2, -0.15) is 9.67 Å². The van der Waals surface area contributed by atoms with Crippen molar-refractivity contribution >= 4 is 29.4 Å². The Kier molecular flexibility index (Phi) is 3.02. The lowest BCUT2D eigenvalue weighted by Gasteiger charge is -2.20. The summed E-state index contributed by atoms with van der Waals surface area (Å²) in [6.07, 6.45) is 0.592. The van der Waals surface area contributed by atoms with E-state index in [0.29, 0.717) is 22.8 Å². The molecule has 0 saturated heterocycles. The average molecular weight is 291 g/mol. The summed E-state index contributed by atoms with van der Waals surface area (Å²) < 4.78 is 1.15. The zero-order chi connectivity index (χ0) is 14.3. The van der Waals surface area contributed by atoms with Gasteiger partial charge in [0, 0.05) is 11.4 Å². The molecule has 1 amide bonds. The van der Waals surface area contributed by atoms with E-state index in [1.54, 1.807) is 24.3 Å². The molecule has 0 bridgehead atoms. The van der Waals surface area contributed by atoms with Gasteiger partial charge in [-0.15, -0.1) is 5.10 Å². The van der Waals surface area contributed by atoms with Gasteiger partial charge < -0.3 is 0 Å². The van der Waals surface area contributed by atoms with Crippen LogP contribution >= 0.6 is 11.6 Å². The highest BCUT2D eigenvalue weighted by molar-refractivity contribution is 6.30. The van der Waals surface area contributed by atoms with Crippen LogP contribution in [-0.2, 0) is 11.2 Å². The maximum atomic E-state index is 12.4. The largest absolute Gasteiger partial charge is 0.293 e. The van der Waals surface area contributed by atoms with E-state index in [1.165, 1.54) is 0 Å². The van der Waals surface area contributed by atoms with Gasteiger partial charge in [-0.25, -0.2) is 0 Å². The first-order chi connectivity index (χ1) is 9.60. The quantitative estimate of drug-likeness (QED) is 0.857. The number of nitrogens with one attached hydrogen (secondary N) is 1. The molecule has 1 aliphatic rings. The second-order valence-corrected chi connectivity index (χ2v) is 4.87. The van der Waals surface area contributed by atoms with Crippen molar-refractivity contribution in [3.63, 3.8) is 0 Å². The molecule has 2 aromatic rings. The van der Waals surface area contributed by atoms with Gasteiger partial charge in [-0.3, -0.25) is 14.9 Å². The highest BCUT2D eigenvalue weighted by atomic mass is 35.5. The van der Waals surface area contributed by atoms with Crippen LogP contribution in [-0.4, -0.2) is 26.6 Å². The minimum Gasteiger partial charge on any atom is -0.293 e. The molecular weight excluding hydrogens is 280 g/mol. The van der Waals surface area contributed by atoms with Crippen molar-refractivity contribution in [2.45, 2.75) is 19.3 Å². The number of nitrogens with zero attached hydrogens (tertiary/aromatic N) is 3. The second kappa shape index (κ2) is 4.72. The fourth-order valence-electron chi connectivity index (χ4n) is 2.11. The third-order valence-corrected chi connectivity index (χ3v) is 3.38. The number of carbonyl (C=O) groups excluding carboxylic acids is 2. The molecule has 1 aliphatic heterocycles. The van der Waals surface area contributed by atoms with E-state index in [1.807, 2.05) is 6.92 Å². The lowest BCUT2D eigenvalue weighted by molar-refractivity contribution is -0.117. The maximum Gasteiger partial charge on any atom is 0.267 e. The lowest BCUT2D eigenvalue weighted by atomic mass is 9.96. The number of benzene rings is 1. The minimum absolute atomic E-state index is 0.182. The number of aromatic nitrogens is 3. The number of carbonyl (C=O) groups is 2. The van der Waals surface area contributed by atoms with Gasteiger partial charge in [0.15, 0.2) is 5.82 Å². The van der Waals surface area contributed by atoms with Crippen molar-refractivity contribution in [3.8, 4) is 0 Å². The number of halogens is 1. The first kappa shape index (κ1) is 12.8. The SMILES string of the molecule is CCc1nc2n(n1)C(=O)C(c1ccc(Cl)cc1)C(=O)N2. The molecule has 1 unspecified atom stereocenters. The summed E-state index contributed by atoms with van der Waals surface area (Å²) >= 11 is 5.81. The number of rotatable bonds is 2. The second-order valence-electron chi connectivity index (χ2n) is 4.43. The summed E-state index contributed by atoms with van der Waals surface area (Å²) in [4.78, 5) is 28.6. The van der Waals surface area contributed by atoms with E-state index in [4.69, 9.17) is 11.6 Å². The van der Waals surface area contributed by atoms with Gasteiger partial charge in [0.05, 0.1) is 0 Å². The third kappa shape index (κ3) is 1.98. The van der Waals surface area contributed by atoms with E-state index < -0.39 is 17.7 Å². The average Bonchev–Trinajstić information content (AvgIpc) is 2.84. The van der Waals surface area contributed by atoms with E-state index >= 15 is 0 Å². The van der Waals surface area contributed by atoms with E-state index in [0.717, 1.165) is 4.68 Å². The predicted molar refractivity (Wildman–Crippen MR) is 72.8 cm³/mol. The Morgan fingerprint density at radius 3 is 2.65 bits per heavy atom. The summed E-state index contributed by atoms with van der Waals surface area (Å²) in [5.41, 5.74) is 0.580. The van der Waals surface area contributed by atoms with E-state index in [-0.39, 0.29) is 5.95 Å². The first-order valence-electron chi connectivity index (χ1n) is 6.16. The van der Waals surface area contributed by atoms with Crippen LogP contribution < -0.4 is 5.32 Å². The fraction of sp³-hybridized carbons (Fsp3) is 0.231. The monoisotopic (exact) mass is 290 g/mol. The molecule has 1 N–H and O–H groups in total. The fourth-order valence-corrected chi connectivity index (χ4v) is 2.23. The Hall–Kier alpha value is -2.21. The van der Waals surface area contributed by atoms with Crippen molar-refractivity contribution in [1.82, 2.24) is 14.8 Å². The van der Waals surface area contributed by atoms with Crippen LogP contribution in [0.3, 0.4) is 0 Å². The topological polar surface area (TPSA) is 76.9 Å². The van der Waals surface area contributed by atoms with Gasteiger partial charge >= 0.3 is 0 Å². The van der Waals surface area contributed by atoms with Gasteiger partial charge in [0.25, 0.3) is 5.91 Å². The normalized spacial score (nSPS) is 17.8. The zero-order valence-electron chi connectivity index (χ0n) is 10.6. The first-order valence-corrected chi connectivity index (χ1v) is 6.54. The standard InChI is InChI=1S/C13H11ClN4O2/c1-2-9-15-13-16-11(19)10(12(20)18(13)17-9)7-3-5-8(14)6-4-7/h3-6,10H,2H2,1H3,(H,15,16,17,19). The van der Waals surface area contributed by atoms with E-state index in [2.05, 4.69) is 15.4 Å². The molecule has 3 rings (SSSR count). The van der Waals surface area contributed by atoms with Crippen LogP contribution in [0.2, 0.25) is 5.02 Å². The number of hydrogen-bond donors (Lipinski definition) is 1. The van der Waals surface area contributed by atoms with E-state index in [9.17, 15) is 9.59 Å². The molecule has 102 valence electrons. The highest BCUT2D eigenvalue weighted by Gasteiger charge is 2.37. The Labute approximate surface area is 119 Å². The summed E-state index contributed by atoms with van der Waals surface area (Å²) in [5.74, 6) is -1.03. The molecule has 0 radical (unpaired) electrons. The zero-order valence-corrected chi connectivity index (χ0v) is 11.4. The van der Waals surface area contributed by atoms with Gasteiger partial charge in [-0.1, -0.05) is 30.7 Å². The number of hydrogen-bond acceptors (Lipinski definition) is 4. The molecule has 0 spiro atoms. The number of aryl methyl sites for hydroxylation is 1. The molecule has 7 heteroatoms. The Morgan fingerprint density at radius 2 is 2.00 bits per heavy atom. The third-order valence-electron chi connectivity index (χ3n) is 3.12. The summed E-state index contributed by atoms with van der Waals surface area (Å²) in [7, 11) is 0. The Bertz CT molecular complexity index is 693. The van der Waals surface area contributed by atoms with Crippen molar-refractivity contribution in [2.24, 2.45) is 0 Å². The van der Waals surface area contributed by atoms with Crippen molar-refractivity contribution in [2.75, 3.05) is 5.32 Å². The number of fused-ring (bicyclic) bond motifs is 1. The van der Waals surface area contributed by atoms with Gasteiger partial charge in [0.1, 0.15) is 5.92 Å². The molecule has 20 heavy (non-hydrogen) atoms. The Morgan fingerprint density at radius 1 is 1.30 bits per heavy atom. The van der Waals surface area contributed by atoms with Crippen LogP contribution in [0.15, 0.2) is 24.3 Å². The predicted octanol–water partition coefficient (Wildman–Crippen LogP) is 1.87. The molecule has 0 fully saturated rings. The van der Waals surface area contributed by atoms with Crippen molar-refractivity contribution in [1.29, 1.82) is 0 Å². The summed E-state index contributed by atoms with van der Waals surface area (Å²) in [6, 6.07) is 6.61. The smallest absolute Gasteiger partial charge is 0.267 e. The van der Waals surface area contributed by atoms with Crippen LogP contribution in [0, 0.1) is 0 Å². The summed E-state index contributed by atoms with van der Waals surface area (Å²) in [6.45, 7) is 1.88. The van der Waals surface area contributed by atoms with Gasteiger partial charge in [0.2, 0.25) is 11.9 Å². The molecular formula is C13H11ClN4O2. The molecule has 6 nitrogen and oxygen atoms in total. The molecule has 0 aliphatic carbocycles. The minimum atomic E-state index is -0.925. The summed E-state index contributed by atoms with van der Waals surface area (Å²) in [5, 5.41) is 7.25. The molecule has 1 aromatic heterocycles.